The standard InChI is InChI=1S/C10H14N2O/c1-2-10(13)12-7-5-9-4-3-6-11-8-9/h3-4,6,8H,2,5,7H2,1H3,(H,12,13). The second-order valence-electron chi connectivity index (χ2n) is 2.81. The quantitative estimate of drug-likeness (QED) is 0.751. The first-order valence-corrected chi connectivity index (χ1v) is 4.48. The molecule has 0 fully saturated rings. The third-order valence-corrected chi connectivity index (χ3v) is 1.78. The van der Waals surface area contributed by atoms with Crippen molar-refractivity contribution in [3.63, 3.8) is 0 Å². The lowest BCUT2D eigenvalue weighted by molar-refractivity contribution is -0.120. The molecule has 0 aliphatic heterocycles. The average Bonchev–Trinajstić information content (AvgIpc) is 2.19. The lowest BCUT2D eigenvalue weighted by Gasteiger charge is -2.02. The molecule has 3 heteroatoms. The molecular weight excluding hydrogens is 164 g/mol. The molecule has 0 saturated heterocycles. The topological polar surface area (TPSA) is 42.0 Å². The molecule has 0 atom stereocenters. The number of pyridine rings is 1. The summed E-state index contributed by atoms with van der Waals surface area (Å²) in [6.45, 7) is 2.54. The van der Waals surface area contributed by atoms with Crippen molar-refractivity contribution in [2.75, 3.05) is 6.54 Å². The van der Waals surface area contributed by atoms with Crippen LogP contribution in [0, 0.1) is 0 Å². The Morgan fingerprint density at radius 2 is 2.46 bits per heavy atom. The summed E-state index contributed by atoms with van der Waals surface area (Å²) < 4.78 is 0. The molecule has 1 heterocycles. The summed E-state index contributed by atoms with van der Waals surface area (Å²) in [6.07, 6.45) is 4.96. The maximum absolute atomic E-state index is 10.9. The highest BCUT2D eigenvalue weighted by Gasteiger charge is 1.95. The Balaban J connectivity index is 2.24. The van der Waals surface area contributed by atoms with Gasteiger partial charge in [-0.2, -0.15) is 0 Å². The third kappa shape index (κ3) is 3.69. The molecule has 1 amide bonds. The number of aromatic nitrogens is 1. The molecule has 1 aromatic heterocycles. The number of nitrogens with one attached hydrogen (secondary N) is 1. The Kier molecular flexibility index (Phi) is 3.96. The minimum absolute atomic E-state index is 0.101. The second-order valence-corrected chi connectivity index (χ2v) is 2.81. The van der Waals surface area contributed by atoms with E-state index >= 15 is 0 Å². The van der Waals surface area contributed by atoms with Gasteiger partial charge in [0.05, 0.1) is 0 Å². The smallest absolute Gasteiger partial charge is 0.219 e. The van der Waals surface area contributed by atoms with Crippen LogP contribution in [0.15, 0.2) is 24.5 Å². The van der Waals surface area contributed by atoms with E-state index in [-0.39, 0.29) is 5.91 Å². The summed E-state index contributed by atoms with van der Waals surface area (Å²) >= 11 is 0. The maximum atomic E-state index is 10.9. The summed E-state index contributed by atoms with van der Waals surface area (Å²) in [5.41, 5.74) is 1.15. The molecule has 0 aliphatic carbocycles. The van der Waals surface area contributed by atoms with Gasteiger partial charge in [-0.1, -0.05) is 13.0 Å². The fourth-order valence-corrected chi connectivity index (χ4v) is 1.02. The van der Waals surface area contributed by atoms with Crippen molar-refractivity contribution in [3.8, 4) is 0 Å². The number of carbonyl (C=O) groups excluding carboxylic acids is 1. The van der Waals surface area contributed by atoms with Gasteiger partial charge in [0.25, 0.3) is 0 Å². The van der Waals surface area contributed by atoms with Crippen LogP contribution < -0.4 is 5.32 Å². The van der Waals surface area contributed by atoms with Crippen LogP contribution in [0.4, 0.5) is 0 Å². The van der Waals surface area contributed by atoms with Crippen molar-refractivity contribution in [2.24, 2.45) is 0 Å². The first-order chi connectivity index (χ1) is 6.33. The lowest BCUT2D eigenvalue weighted by Crippen LogP contribution is -2.24. The highest BCUT2D eigenvalue weighted by atomic mass is 16.1. The zero-order valence-corrected chi connectivity index (χ0v) is 7.79. The van der Waals surface area contributed by atoms with Crippen LogP contribution in [0.5, 0.6) is 0 Å². The van der Waals surface area contributed by atoms with Gasteiger partial charge in [0.15, 0.2) is 0 Å². The van der Waals surface area contributed by atoms with Crippen molar-refractivity contribution in [1.29, 1.82) is 0 Å². The molecule has 0 saturated carbocycles. The van der Waals surface area contributed by atoms with Gasteiger partial charge in [-0.15, -0.1) is 0 Å². The van der Waals surface area contributed by atoms with Crippen molar-refractivity contribution in [3.05, 3.63) is 30.1 Å². The zero-order valence-electron chi connectivity index (χ0n) is 7.79. The normalized spacial score (nSPS) is 9.62. The molecule has 1 N–H and O–H groups in total. The second kappa shape index (κ2) is 5.30. The van der Waals surface area contributed by atoms with E-state index in [1.165, 1.54) is 0 Å². The number of carbonyl (C=O) groups is 1. The molecule has 70 valence electrons. The number of hydrogen-bond donors (Lipinski definition) is 1. The first-order valence-electron chi connectivity index (χ1n) is 4.48. The molecule has 0 unspecified atom stereocenters. The Morgan fingerprint density at radius 1 is 1.62 bits per heavy atom. The zero-order chi connectivity index (χ0) is 9.52. The van der Waals surface area contributed by atoms with Crippen LogP contribution in [0.1, 0.15) is 18.9 Å². The van der Waals surface area contributed by atoms with Crippen LogP contribution >= 0.6 is 0 Å². The summed E-state index contributed by atoms with van der Waals surface area (Å²) in [6, 6.07) is 3.90. The predicted octanol–water partition coefficient (Wildman–Crippen LogP) is 1.15. The summed E-state index contributed by atoms with van der Waals surface area (Å²) in [4.78, 5) is 14.9. The average molecular weight is 178 g/mol. The van der Waals surface area contributed by atoms with Crippen molar-refractivity contribution < 1.29 is 4.79 Å². The monoisotopic (exact) mass is 178 g/mol. The molecule has 1 rings (SSSR count). The van der Waals surface area contributed by atoms with E-state index in [1.807, 2.05) is 25.3 Å². The van der Waals surface area contributed by atoms with E-state index in [9.17, 15) is 4.79 Å². The van der Waals surface area contributed by atoms with Crippen LogP contribution in [-0.2, 0) is 11.2 Å². The minimum atomic E-state index is 0.101. The first kappa shape index (κ1) is 9.71. The number of hydrogen-bond acceptors (Lipinski definition) is 2. The lowest BCUT2D eigenvalue weighted by atomic mass is 10.2. The van der Waals surface area contributed by atoms with Gasteiger partial charge in [0, 0.05) is 25.4 Å². The van der Waals surface area contributed by atoms with Gasteiger partial charge < -0.3 is 5.32 Å². The predicted molar refractivity (Wildman–Crippen MR) is 51.2 cm³/mol. The molecule has 1 aromatic rings. The van der Waals surface area contributed by atoms with Crippen molar-refractivity contribution in [2.45, 2.75) is 19.8 Å². The Hall–Kier alpha value is -1.38. The molecule has 0 aliphatic rings. The fraction of sp³-hybridized carbons (Fsp3) is 0.400. The largest absolute Gasteiger partial charge is 0.356 e. The van der Waals surface area contributed by atoms with Gasteiger partial charge in [0.2, 0.25) is 5.91 Å². The molecule has 3 nitrogen and oxygen atoms in total. The van der Waals surface area contributed by atoms with E-state index < -0.39 is 0 Å². The summed E-state index contributed by atoms with van der Waals surface area (Å²) in [7, 11) is 0. The molecule has 0 aromatic carbocycles. The minimum Gasteiger partial charge on any atom is -0.356 e. The van der Waals surface area contributed by atoms with Gasteiger partial charge in [-0.3, -0.25) is 9.78 Å². The van der Waals surface area contributed by atoms with E-state index in [0.717, 1.165) is 12.0 Å². The maximum Gasteiger partial charge on any atom is 0.219 e. The van der Waals surface area contributed by atoms with Gasteiger partial charge in [-0.25, -0.2) is 0 Å². The number of amides is 1. The van der Waals surface area contributed by atoms with Crippen LogP contribution in [0.2, 0.25) is 0 Å². The van der Waals surface area contributed by atoms with E-state index in [0.29, 0.717) is 13.0 Å². The summed E-state index contributed by atoms with van der Waals surface area (Å²) in [5, 5.41) is 2.81. The number of nitrogens with zero attached hydrogens (tertiary/aromatic N) is 1. The van der Waals surface area contributed by atoms with Crippen LogP contribution in [-0.4, -0.2) is 17.4 Å². The highest BCUT2D eigenvalue weighted by Crippen LogP contribution is 1.95. The Morgan fingerprint density at radius 3 is 3.08 bits per heavy atom. The molecule has 0 radical (unpaired) electrons. The SMILES string of the molecule is CCC(=O)NCCc1cccnc1. The third-order valence-electron chi connectivity index (χ3n) is 1.78. The molecule has 0 spiro atoms. The highest BCUT2D eigenvalue weighted by molar-refractivity contribution is 5.75. The Labute approximate surface area is 78.2 Å². The van der Waals surface area contributed by atoms with Gasteiger partial charge in [-0.05, 0) is 18.1 Å². The molecule has 0 bridgehead atoms. The van der Waals surface area contributed by atoms with Crippen LogP contribution in [0.25, 0.3) is 0 Å². The van der Waals surface area contributed by atoms with Gasteiger partial charge >= 0.3 is 0 Å². The van der Waals surface area contributed by atoms with Crippen LogP contribution in [0.3, 0.4) is 0 Å². The van der Waals surface area contributed by atoms with Crippen molar-refractivity contribution >= 4 is 5.91 Å². The van der Waals surface area contributed by atoms with E-state index in [4.69, 9.17) is 0 Å². The van der Waals surface area contributed by atoms with Crippen molar-refractivity contribution in [1.82, 2.24) is 10.3 Å². The fourth-order valence-electron chi connectivity index (χ4n) is 1.02. The van der Waals surface area contributed by atoms with E-state index in [1.54, 1.807) is 6.20 Å². The molecular formula is C10H14N2O. The van der Waals surface area contributed by atoms with E-state index in [2.05, 4.69) is 10.3 Å². The Bertz CT molecular complexity index is 259. The number of rotatable bonds is 4. The summed E-state index contributed by atoms with van der Waals surface area (Å²) in [5.74, 6) is 0.101. The van der Waals surface area contributed by atoms with Gasteiger partial charge in [0.1, 0.15) is 0 Å². The molecule has 13 heavy (non-hydrogen) atoms.